The van der Waals surface area contributed by atoms with Crippen LogP contribution in [0.15, 0.2) is 60.9 Å². The minimum absolute atomic E-state index is 0.131. The van der Waals surface area contributed by atoms with Crippen LogP contribution >= 0.6 is 0 Å². The van der Waals surface area contributed by atoms with Crippen LogP contribution in [0.5, 0.6) is 5.88 Å². The predicted octanol–water partition coefficient (Wildman–Crippen LogP) is 4.27. The molecule has 1 aliphatic heterocycles. The summed E-state index contributed by atoms with van der Waals surface area (Å²) in [7, 11) is 1.85. The van der Waals surface area contributed by atoms with Gasteiger partial charge in [-0.1, -0.05) is 6.07 Å². The molecular formula is C24H19F2N7O. The Labute approximate surface area is 192 Å². The predicted molar refractivity (Wildman–Crippen MR) is 121 cm³/mol. The summed E-state index contributed by atoms with van der Waals surface area (Å²) in [6.45, 7) is 0.361. The van der Waals surface area contributed by atoms with Gasteiger partial charge in [-0.05, 0) is 53.4 Å². The van der Waals surface area contributed by atoms with E-state index in [4.69, 9.17) is 4.74 Å². The second kappa shape index (κ2) is 7.91. The highest BCUT2D eigenvalue weighted by Gasteiger charge is 2.27. The van der Waals surface area contributed by atoms with E-state index >= 15 is 0 Å². The third-order valence-electron chi connectivity index (χ3n) is 5.93. The molecule has 10 heteroatoms. The van der Waals surface area contributed by atoms with Crippen molar-refractivity contribution in [1.29, 1.82) is 0 Å². The van der Waals surface area contributed by atoms with E-state index in [0.29, 0.717) is 35.9 Å². The number of rotatable bonds is 5. The molecule has 8 nitrogen and oxygen atoms in total. The van der Waals surface area contributed by atoms with Crippen LogP contribution in [0.2, 0.25) is 0 Å². The summed E-state index contributed by atoms with van der Waals surface area (Å²) in [5, 5.41) is 16.1. The largest absolute Gasteiger partial charge is 0.478 e. The third kappa shape index (κ3) is 3.53. The second-order valence-corrected chi connectivity index (χ2v) is 8.19. The van der Waals surface area contributed by atoms with Gasteiger partial charge in [0.2, 0.25) is 5.88 Å². The molecule has 0 saturated carbocycles. The minimum atomic E-state index is -0.861. The van der Waals surface area contributed by atoms with Gasteiger partial charge in [-0.2, -0.15) is 5.10 Å². The fourth-order valence-electron chi connectivity index (χ4n) is 4.21. The molecule has 0 radical (unpaired) electrons. The van der Waals surface area contributed by atoms with E-state index in [0.717, 1.165) is 28.8 Å². The number of aromatic nitrogens is 6. The maximum Gasteiger partial charge on any atom is 0.201 e. The second-order valence-electron chi connectivity index (χ2n) is 8.19. The minimum Gasteiger partial charge on any atom is -0.478 e. The first kappa shape index (κ1) is 20.3. The Morgan fingerprint density at radius 1 is 1.00 bits per heavy atom. The topological polar surface area (TPSA) is 82.2 Å². The number of pyridine rings is 2. The molecule has 6 rings (SSSR count). The van der Waals surface area contributed by atoms with Crippen molar-refractivity contribution in [2.75, 3.05) is 11.9 Å². The average Bonchev–Trinajstić information content (AvgIpc) is 3.45. The Morgan fingerprint density at radius 3 is 2.74 bits per heavy atom. The summed E-state index contributed by atoms with van der Waals surface area (Å²) in [5.74, 6) is 1.03. The molecule has 1 N–H and O–H groups in total. The molecule has 0 unspecified atom stereocenters. The van der Waals surface area contributed by atoms with Gasteiger partial charge in [0.15, 0.2) is 17.3 Å². The maximum absolute atomic E-state index is 13.6. The SMILES string of the molecule is Cn1nccc1Nc1cc(-c2cc3n4c(nnc4c2)[C@H](Cc2ccc(F)c(F)c2)CO3)ccn1. The highest BCUT2D eigenvalue weighted by Crippen LogP contribution is 2.34. The van der Waals surface area contributed by atoms with Crippen molar-refractivity contribution in [3.05, 3.63) is 83.9 Å². The van der Waals surface area contributed by atoms with E-state index in [-0.39, 0.29) is 5.92 Å². The van der Waals surface area contributed by atoms with E-state index in [1.54, 1.807) is 23.1 Å². The average molecular weight is 459 g/mol. The van der Waals surface area contributed by atoms with Crippen molar-refractivity contribution < 1.29 is 13.5 Å². The summed E-state index contributed by atoms with van der Waals surface area (Å²) < 4.78 is 36.6. The zero-order valence-electron chi connectivity index (χ0n) is 18.1. The fourth-order valence-corrected chi connectivity index (χ4v) is 4.21. The molecule has 0 fully saturated rings. The third-order valence-corrected chi connectivity index (χ3v) is 5.93. The number of aryl methyl sites for hydroxylation is 1. The Bertz CT molecular complexity index is 1530. The van der Waals surface area contributed by atoms with Crippen molar-refractivity contribution in [3.63, 3.8) is 0 Å². The number of nitrogens with zero attached hydrogens (tertiary/aromatic N) is 6. The number of ether oxygens (including phenoxy) is 1. The molecule has 1 aromatic carbocycles. The summed E-state index contributed by atoms with van der Waals surface area (Å²) in [6.07, 6.45) is 3.91. The molecule has 170 valence electrons. The Hall–Kier alpha value is -4.34. The lowest BCUT2D eigenvalue weighted by Crippen LogP contribution is -2.22. The molecule has 0 aliphatic carbocycles. The molecule has 1 aliphatic rings. The van der Waals surface area contributed by atoms with Crippen molar-refractivity contribution in [2.24, 2.45) is 7.05 Å². The van der Waals surface area contributed by atoms with Crippen LogP contribution in [0.4, 0.5) is 20.4 Å². The monoisotopic (exact) mass is 459 g/mol. The van der Waals surface area contributed by atoms with E-state index in [9.17, 15) is 8.78 Å². The quantitative estimate of drug-likeness (QED) is 0.423. The van der Waals surface area contributed by atoms with Crippen molar-refractivity contribution in [3.8, 4) is 17.0 Å². The van der Waals surface area contributed by atoms with E-state index in [2.05, 4.69) is 25.6 Å². The molecule has 0 spiro atoms. The van der Waals surface area contributed by atoms with Gasteiger partial charge >= 0.3 is 0 Å². The van der Waals surface area contributed by atoms with Gasteiger partial charge in [0.05, 0.1) is 12.1 Å². The number of halogens is 2. The lowest BCUT2D eigenvalue weighted by Gasteiger charge is -2.23. The summed E-state index contributed by atoms with van der Waals surface area (Å²) in [6, 6.07) is 13.5. The molecule has 1 atom stereocenters. The first-order chi connectivity index (χ1) is 16.5. The van der Waals surface area contributed by atoms with E-state index in [1.165, 1.54) is 6.07 Å². The molecule has 5 heterocycles. The first-order valence-corrected chi connectivity index (χ1v) is 10.7. The van der Waals surface area contributed by atoms with Crippen LogP contribution in [-0.2, 0) is 13.5 Å². The van der Waals surface area contributed by atoms with Gasteiger partial charge < -0.3 is 10.1 Å². The van der Waals surface area contributed by atoms with Crippen molar-refractivity contribution >= 4 is 17.3 Å². The van der Waals surface area contributed by atoms with Gasteiger partial charge in [-0.3, -0.25) is 4.68 Å². The van der Waals surface area contributed by atoms with Crippen LogP contribution in [-0.4, -0.2) is 36.0 Å². The molecule has 0 bridgehead atoms. The zero-order chi connectivity index (χ0) is 23.2. The Balaban J connectivity index is 1.31. The van der Waals surface area contributed by atoms with Crippen LogP contribution in [0, 0.1) is 11.6 Å². The number of benzene rings is 1. The number of hydrogen-bond acceptors (Lipinski definition) is 6. The van der Waals surface area contributed by atoms with E-state index in [1.807, 2.05) is 41.8 Å². The highest BCUT2D eigenvalue weighted by atomic mass is 19.2. The van der Waals surface area contributed by atoms with Crippen molar-refractivity contribution in [1.82, 2.24) is 29.4 Å². The lowest BCUT2D eigenvalue weighted by atomic mass is 9.98. The van der Waals surface area contributed by atoms with E-state index < -0.39 is 11.6 Å². The number of nitrogens with one attached hydrogen (secondary N) is 1. The molecule has 0 amide bonds. The maximum atomic E-state index is 13.6. The molecular weight excluding hydrogens is 440 g/mol. The van der Waals surface area contributed by atoms with Gasteiger partial charge in [-0.15, -0.1) is 10.2 Å². The molecule has 34 heavy (non-hydrogen) atoms. The Morgan fingerprint density at radius 2 is 1.91 bits per heavy atom. The lowest BCUT2D eigenvalue weighted by molar-refractivity contribution is 0.245. The smallest absolute Gasteiger partial charge is 0.201 e. The first-order valence-electron chi connectivity index (χ1n) is 10.7. The van der Waals surface area contributed by atoms with Gasteiger partial charge in [-0.25, -0.2) is 18.2 Å². The van der Waals surface area contributed by atoms with Crippen LogP contribution in [0.3, 0.4) is 0 Å². The highest BCUT2D eigenvalue weighted by molar-refractivity contribution is 5.72. The van der Waals surface area contributed by atoms with Crippen LogP contribution in [0.25, 0.3) is 16.8 Å². The van der Waals surface area contributed by atoms with Crippen LogP contribution in [0.1, 0.15) is 17.3 Å². The summed E-state index contributed by atoms with van der Waals surface area (Å²) in [5.41, 5.74) is 3.18. The van der Waals surface area contributed by atoms with Crippen LogP contribution < -0.4 is 10.1 Å². The fraction of sp³-hybridized carbons (Fsp3) is 0.167. The molecule has 4 aromatic heterocycles. The standard InChI is InChI=1S/C24H19F2N7O/c1-32-21(5-7-28-32)29-20-10-15(4-6-27-20)16-11-22-30-31-24-17(13-34-23(12-16)33(22)24)8-14-2-3-18(25)19(26)9-14/h2-7,9-12,17H,8,13H2,1H3,(H,27,29)/t17-/m1/s1. The summed E-state index contributed by atoms with van der Waals surface area (Å²) >= 11 is 0. The summed E-state index contributed by atoms with van der Waals surface area (Å²) in [4.78, 5) is 4.40. The van der Waals surface area contributed by atoms with Gasteiger partial charge in [0.1, 0.15) is 24.1 Å². The molecule has 5 aromatic rings. The van der Waals surface area contributed by atoms with Gasteiger partial charge in [0, 0.05) is 25.4 Å². The zero-order valence-corrected chi connectivity index (χ0v) is 18.1. The Kier molecular flexibility index (Phi) is 4.72. The number of hydrogen-bond donors (Lipinski definition) is 1. The molecule has 0 saturated heterocycles. The normalized spacial score (nSPS) is 14.9. The van der Waals surface area contributed by atoms with Gasteiger partial charge in [0.25, 0.3) is 0 Å². The van der Waals surface area contributed by atoms with Crippen molar-refractivity contribution in [2.45, 2.75) is 12.3 Å². The number of anilines is 2.